The van der Waals surface area contributed by atoms with Gasteiger partial charge in [0.15, 0.2) is 5.17 Å². The Hall–Kier alpha value is -3.25. The summed E-state index contributed by atoms with van der Waals surface area (Å²) in [4.78, 5) is 20.5. The fourth-order valence-electron chi connectivity index (χ4n) is 3.10. The van der Waals surface area contributed by atoms with Crippen LogP contribution in [0.1, 0.15) is 21.6 Å². The third kappa shape index (κ3) is 3.01. The van der Waals surface area contributed by atoms with Gasteiger partial charge in [-0.25, -0.2) is 18.8 Å². The van der Waals surface area contributed by atoms with Crippen LogP contribution in [0.25, 0.3) is 0 Å². The predicted octanol–water partition coefficient (Wildman–Crippen LogP) is 2.88. The molecule has 2 atom stereocenters. The zero-order chi connectivity index (χ0) is 19.9. The number of halogens is 2. The molecule has 1 aliphatic heterocycles. The molecule has 2 aromatic rings. The Kier molecular flexibility index (Phi) is 4.35. The minimum atomic E-state index is -1.50. The van der Waals surface area contributed by atoms with Crippen molar-refractivity contribution in [2.24, 2.45) is 10.7 Å². The van der Waals surface area contributed by atoms with E-state index >= 15 is 0 Å². The number of aliphatic imine (C=N–C) groups is 1. The molecule has 3 N–H and O–H groups in total. The molecule has 4 rings (SSSR count). The van der Waals surface area contributed by atoms with Gasteiger partial charge in [0.2, 0.25) is 0 Å². The van der Waals surface area contributed by atoms with Gasteiger partial charge in [0.25, 0.3) is 5.91 Å². The molecule has 0 fully saturated rings. The zero-order valence-electron chi connectivity index (χ0n) is 14.3. The van der Waals surface area contributed by atoms with Crippen molar-refractivity contribution < 1.29 is 13.6 Å². The highest BCUT2D eigenvalue weighted by atomic mass is 32.2. The Bertz CT molecular complexity index is 1080. The lowest BCUT2D eigenvalue weighted by molar-refractivity contribution is 0.102. The normalized spacial score (nSPS) is 22.4. The molecule has 0 radical (unpaired) electrons. The Labute approximate surface area is 163 Å². The van der Waals surface area contributed by atoms with E-state index in [-0.39, 0.29) is 27.4 Å². The molecule has 0 saturated heterocycles. The summed E-state index contributed by atoms with van der Waals surface area (Å²) >= 11 is 1.29. The quantitative estimate of drug-likeness (QED) is 0.772. The lowest BCUT2D eigenvalue weighted by atomic mass is 9.87. The number of amidine groups is 1. The van der Waals surface area contributed by atoms with Gasteiger partial charge in [-0.1, -0.05) is 17.8 Å². The van der Waals surface area contributed by atoms with E-state index in [1.807, 2.05) is 6.07 Å². The molecule has 1 aromatic carbocycles. The molecule has 2 aliphatic rings. The number of rotatable bonds is 4. The summed E-state index contributed by atoms with van der Waals surface area (Å²) in [5.74, 6) is -1.18. The molecule has 0 spiro atoms. The van der Waals surface area contributed by atoms with Crippen molar-refractivity contribution >= 4 is 28.5 Å². The number of aromatic nitrogens is 1. The molecular weight excluding hydrogens is 384 g/mol. The van der Waals surface area contributed by atoms with Crippen LogP contribution in [-0.2, 0) is 5.54 Å². The third-order valence-electron chi connectivity index (χ3n) is 4.54. The monoisotopic (exact) mass is 397 g/mol. The number of nitrogens with two attached hydrogens (primary N) is 1. The van der Waals surface area contributed by atoms with E-state index in [4.69, 9.17) is 11.0 Å². The maximum absolute atomic E-state index is 14.6. The van der Waals surface area contributed by atoms with Gasteiger partial charge in [-0.15, -0.1) is 0 Å². The number of anilines is 1. The van der Waals surface area contributed by atoms with Crippen LogP contribution in [0.15, 0.2) is 53.2 Å². The van der Waals surface area contributed by atoms with Crippen LogP contribution < -0.4 is 11.1 Å². The fourth-order valence-corrected chi connectivity index (χ4v) is 4.10. The number of hydrogen-bond acceptors (Lipinski definition) is 6. The Morgan fingerprint density at radius 1 is 1.39 bits per heavy atom. The predicted molar refractivity (Wildman–Crippen MR) is 102 cm³/mol. The Morgan fingerprint density at radius 3 is 2.89 bits per heavy atom. The second kappa shape index (κ2) is 6.73. The molecule has 1 aromatic heterocycles. The molecule has 0 saturated carbocycles. The lowest BCUT2D eigenvalue weighted by Crippen LogP contribution is -2.34. The van der Waals surface area contributed by atoms with Gasteiger partial charge in [-0.2, -0.15) is 5.26 Å². The van der Waals surface area contributed by atoms with Gasteiger partial charge < -0.3 is 11.1 Å². The number of nitriles is 1. The number of carbonyl (C=O) groups excluding carboxylic acids is 1. The summed E-state index contributed by atoms with van der Waals surface area (Å²) in [6.07, 6.45) is 3.08. The summed E-state index contributed by atoms with van der Waals surface area (Å²) in [6, 6.07) is 8.67. The van der Waals surface area contributed by atoms with Crippen LogP contribution in [0.3, 0.4) is 0 Å². The third-order valence-corrected chi connectivity index (χ3v) is 5.52. The van der Waals surface area contributed by atoms with Crippen molar-refractivity contribution in [3.8, 4) is 6.07 Å². The number of nitrogens with one attached hydrogen (secondary N) is 1. The highest BCUT2D eigenvalue weighted by Crippen LogP contribution is 2.53. The molecule has 1 aliphatic carbocycles. The van der Waals surface area contributed by atoms with Crippen LogP contribution in [0.4, 0.5) is 14.5 Å². The molecule has 140 valence electrons. The van der Waals surface area contributed by atoms with Crippen LogP contribution in [-0.4, -0.2) is 28.0 Å². The minimum Gasteiger partial charge on any atom is -0.378 e. The standard InChI is InChI=1S/C19H13F2N5OS/c20-9-19(13-6-16(13)28-18(23)26-19)12-5-11(2-3-14(12)21)25-17(27)15-4-1-10(7-22)8-24-15/h1-6,8,16H,9H2,(H2,23,26)(H,25,27)/t16-,19-/m1/s1. The number of carbonyl (C=O) groups is 1. The molecule has 2 heterocycles. The van der Waals surface area contributed by atoms with Gasteiger partial charge in [-0.05, 0) is 35.9 Å². The van der Waals surface area contributed by atoms with E-state index < -0.39 is 23.9 Å². The summed E-state index contributed by atoms with van der Waals surface area (Å²) < 4.78 is 28.7. The SMILES string of the molecule is N#Cc1ccc(C(=O)Nc2ccc(F)c([C@@]3(CF)N=C(N)S[C@@H]4C=C43)c2)nc1. The zero-order valence-corrected chi connectivity index (χ0v) is 15.1. The van der Waals surface area contributed by atoms with Crippen LogP contribution in [0.5, 0.6) is 0 Å². The van der Waals surface area contributed by atoms with Gasteiger partial charge in [0.05, 0.1) is 10.8 Å². The van der Waals surface area contributed by atoms with Gasteiger partial charge >= 0.3 is 0 Å². The van der Waals surface area contributed by atoms with Crippen molar-refractivity contribution in [2.45, 2.75) is 10.8 Å². The van der Waals surface area contributed by atoms with Crippen molar-refractivity contribution in [1.29, 1.82) is 5.26 Å². The highest BCUT2D eigenvalue weighted by molar-refractivity contribution is 8.14. The van der Waals surface area contributed by atoms with Crippen LogP contribution >= 0.6 is 11.8 Å². The van der Waals surface area contributed by atoms with Crippen molar-refractivity contribution in [1.82, 2.24) is 4.98 Å². The summed E-state index contributed by atoms with van der Waals surface area (Å²) in [7, 11) is 0. The van der Waals surface area contributed by atoms with E-state index in [9.17, 15) is 13.6 Å². The summed E-state index contributed by atoms with van der Waals surface area (Å²) in [5.41, 5.74) is 5.66. The van der Waals surface area contributed by atoms with E-state index in [2.05, 4.69) is 15.3 Å². The van der Waals surface area contributed by atoms with Crippen molar-refractivity contribution in [2.75, 3.05) is 12.0 Å². The van der Waals surface area contributed by atoms with E-state index in [1.54, 1.807) is 6.08 Å². The highest BCUT2D eigenvalue weighted by Gasteiger charge is 2.51. The average Bonchev–Trinajstić information content (AvgIpc) is 3.48. The van der Waals surface area contributed by atoms with Crippen molar-refractivity contribution in [3.63, 3.8) is 0 Å². The number of benzene rings is 1. The maximum atomic E-state index is 14.6. The molecule has 0 bridgehead atoms. The van der Waals surface area contributed by atoms with Gasteiger partial charge in [0, 0.05) is 17.4 Å². The smallest absolute Gasteiger partial charge is 0.274 e. The number of pyridine rings is 1. The number of nitrogens with zero attached hydrogens (tertiary/aromatic N) is 3. The largest absolute Gasteiger partial charge is 0.378 e. The topological polar surface area (TPSA) is 104 Å². The first-order valence-electron chi connectivity index (χ1n) is 8.24. The van der Waals surface area contributed by atoms with Crippen LogP contribution in [0, 0.1) is 17.1 Å². The fraction of sp³-hybridized carbons (Fsp3) is 0.158. The molecular formula is C19H13F2N5OS. The number of amides is 1. The number of thioether (sulfide) groups is 1. The number of fused-ring (bicyclic) bond motifs is 1. The maximum Gasteiger partial charge on any atom is 0.274 e. The lowest BCUT2D eigenvalue weighted by Gasteiger charge is -2.30. The second-order valence-electron chi connectivity index (χ2n) is 6.30. The van der Waals surface area contributed by atoms with E-state index in [0.717, 1.165) is 6.07 Å². The Morgan fingerprint density at radius 2 is 2.21 bits per heavy atom. The molecule has 1 amide bonds. The second-order valence-corrected chi connectivity index (χ2v) is 7.46. The molecule has 6 nitrogen and oxygen atoms in total. The first-order chi connectivity index (χ1) is 13.5. The van der Waals surface area contributed by atoms with Crippen LogP contribution in [0.2, 0.25) is 0 Å². The molecule has 0 unspecified atom stereocenters. The average molecular weight is 397 g/mol. The first kappa shape index (κ1) is 18.1. The number of alkyl halides is 1. The Balaban J connectivity index is 1.66. The summed E-state index contributed by atoms with van der Waals surface area (Å²) in [5, 5.41) is 11.5. The minimum absolute atomic E-state index is 0.0117. The summed E-state index contributed by atoms with van der Waals surface area (Å²) in [6.45, 7) is -0.942. The molecule has 28 heavy (non-hydrogen) atoms. The van der Waals surface area contributed by atoms with Gasteiger partial charge in [-0.3, -0.25) is 4.79 Å². The van der Waals surface area contributed by atoms with E-state index in [1.165, 1.54) is 42.2 Å². The molecule has 9 heteroatoms. The van der Waals surface area contributed by atoms with Crippen molar-refractivity contribution in [3.05, 3.63) is 70.8 Å². The number of hydrogen-bond donors (Lipinski definition) is 2. The van der Waals surface area contributed by atoms with E-state index in [0.29, 0.717) is 11.1 Å². The first-order valence-corrected chi connectivity index (χ1v) is 9.12. The van der Waals surface area contributed by atoms with Gasteiger partial charge in [0.1, 0.15) is 29.8 Å².